The molecule has 1 fully saturated rings. The van der Waals surface area contributed by atoms with Crippen LogP contribution in [0.4, 0.5) is 11.5 Å². The number of hydrogen-bond donors (Lipinski definition) is 2. The maximum atomic E-state index is 5.87. The van der Waals surface area contributed by atoms with Crippen molar-refractivity contribution < 1.29 is 9.47 Å². The minimum Gasteiger partial charge on any atom is -0.479 e. The van der Waals surface area contributed by atoms with Crippen molar-refractivity contribution in [2.75, 3.05) is 31.4 Å². The van der Waals surface area contributed by atoms with Gasteiger partial charge in [-0.25, -0.2) is 4.98 Å². The zero-order valence-electron chi connectivity index (χ0n) is 9.27. The molecule has 1 saturated heterocycles. The predicted octanol–water partition coefficient (Wildman–Crippen LogP) is 0.658. The van der Waals surface area contributed by atoms with Crippen LogP contribution in [0, 0.1) is 0 Å². The number of methoxy groups -OCH3 is 1. The second kappa shape index (κ2) is 4.98. The molecule has 0 unspecified atom stereocenters. The minimum atomic E-state index is 0.357. The quantitative estimate of drug-likeness (QED) is 0.784. The standard InChI is InChI=1S/C10H16N4O2/c1-15-10-8(11)9(12-6-13-10)14-7-2-4-16-5-3-7/h6-7H,2-5,11H2,1H3,(H,12,13,14). The van der Waals surface area contributed by atoms with Crippen molar-refractivity contribution in [3.63, 3.8) is 0 Å². The van der Waals surface area contributed by atoms with Gasteiger partial charge in [-0.2, -0.15) is 4.98 Å². The number of anilines is 2. The van der Waals surface area contributed by atoms with Crippen LogP contribution in [0.15, 0.2) is 6.33 Å². The molecule has 0 aliphatic carbocycles. The van der Waals surface area contributed by atoms with E-state index >= 15 is 0 Å². The molecule has 1 aliphatic rings. The van der Waals surface area contributed by atoms with E-state index in [9.17, 15) is 0 Å². The summed E-state index contributed by atoms with van der Waals surface area (Å²) in [5.74, 6) is 1.04. The largest absolute Gasteiger partial charge is 0.479 e. The second-order valence-electron chi connectivity index (χ2n) is 3.68. The van der Waals surface area contributed by atoms with Gasteiger partial charge in [-0.05, 0) is 12.8 Å². The molecule has 6 heteroatoms. The highest BCUT2D eigenvalue weighted by molar-refractivity contribution is 5.66. The molecule has 88 valence electrons. The van der Waals surface area contributed by atoms with Crippen LogP contribution in [0.2, 0.25) is 0 Å². The van der Waals surface area contributed by atoms with Gasteiger partial charge in [0.25, 0.3) is 0 Å². The van der Waals surface area contributed by atoms with Crippen molar-refractivity contribution in [1.29, 1.82) is 0 Å². The van der Waals surface area contributed by atoms with Gasteiger partial charge in [-0.1, -0.05) is 0 Å². The first kappa shape index (κ1) is 10.9. The molecule has 0 atom stereocenters. The van der Waals surface area contributed by atoms with Crippen LogP contribution in [0.3, 0.4) is 0 Å². The Balaban J connectivity index is 2.08. The summed E-state index contributed by atoms with van der Waals surface area (Å²) in [6.45, 7) is 1.56. The maximum Gasteiger partial charge on any atom is 0.242 e. The molecule has 0 aromatic carbocycles. The van der Waals surface area contributed by atoms with Crippen LogP contribution in [-0.4, -0.2) is 36.3 Å². The summed E-state index contributed by atoms with van der Waals surface area (Å²) in [4.78, 5) is 8.04. The average molecular weight is 224 g/mol. The summed E-state index contributed by atoms with van der Waals surface area (Å²) in [7, 11) is 1.54. The molecular formula is C10H16N4O2. The van der Waals surface area contributed by atoms with E-state index < -0.39 is 0 Å². The van der Waals surface area contributed by atoms with Crippen LogP contribution >= 0.6 is 0 Å². The number of nitrogen functional groups attached to an aromatic ring is 1. The third-order valence-electron chi connectivity index (χ3n) is 2.60. The zero-order valence-corrected chi connectivity index (χ0v) is 9.27. The lowest BCUT2D eigenvalue weighted by Gasteiger charge is -2.24. The van der Waals surface area contributed by atoms with Gasteiger partial charge in [0.2, 0.25) is 5.88 Å². The van der Waals surface area contributed by atoms with Crippen LogP contribution < -0.4 is 15.8 Å². The summed E-state index contributed by atoms with van der Waals surface area (Å²) >= 11 is 0. The van der Waals surface area contributed by atoms with Gasteiger partial charge in [0.15, 0.2) is 5.82 Å². The van der Waals surface area contributed by atoms with Gasteiger partial charge in [-0.3, -0.25) is 0 Å². The fourth-order valence-corrected chi connectivity index (χ4v) is 1.69. The molecule has 0 bridgehead atoms. The lowest BCUT2D eigenvalue weighted by molar-refractivity contribution is 0.0904. The molecule has 1 aromatic heterocycles. The minimum absolute atomic E-state index is 0.357. The Hall–Kier alpha value is -1.56. The molecule has 2 rings (SSSR count). The van der Waals surface area contributed by atoms with E-state index in [4.69, 9.17) is 15.2 Å². The monoisotopic (exact) mass is 224 g/mol. The van der Waals surface area contributed by atoms with E-state index in [1.54, 1.807) is 0 Å². The summed E-state index contributed by atoms with van der Waals surface area (Å²) in [5.41, 5.74) is 6.32. The topological polar surface area (TPSA) is 82.3 Å². The van der Waals surface area contributed by atoms with Crippen LogP contribution in [0.5, 0.6) is 5.88 Å². The van der Waals surface area contributed by atoms with Crippen molar-refractivity contribution in [1.82, 2.24) is 9.97 Å². The molecule has 1 aliphatic heterocycles. The molecule has 2 heterocycles. The average Bonchev–Trinajstić information content (AvgIpc) is 2.33. The number of nitrogens with two attached hydrogens (primary N) is 1. The summed E-state index contributed by atoms with van der Waals surface area (Å²) in [6, 6.07) is 0.357. The van der Waals surface area contributed by atoms with Crippen molar-refractivity contribution in [2.45, 2.75) is 18.9 Å². The van der Waals surface area contributed by atoms with Crippen molar-refractivity contribution in [2.24, 2.45) is 0 Å². The molecule has 16 heavy (non-hydrogen) atoms. The summed E-state index contributed by atoms with van der Waals surface area (Å²) < 4.78 is 10.3. The SMILES string of the molecule is COc1ncnc(NC2CCOCC2)c1N. The third kappa shape index (κ3) is 2.33. The molecular weight excluding hydrogens is 208 g/mol. The Bertz CT molecular complexity index is 353. The zero-order chi connectivity index (χ0) is 11.4. The normalized spacial score (nSPS) is 17.1. The number of aromatic nitrogens is 2. The highest BCUT2D eigenvalue weighted by Crippen LogP contribution is 2.25. The molecule has 1 aromatic rings. The van der Waals surface area contributed by atoms with Crippen molar-refractivity contribution in [3.8, 4) is 5.88 Å². The van der Waals surface area contributed by atoms with Crippen molar-refractivity contribution >= 4 is 11.5 Å². The molecule has 6 nitrogen and oxygen atoms in total. The predicted molar refractivity (Wildman–Crippen MR) is 60.5 cm³/mol. The molecule has 0 saturated carbocycles. The first-order valence-electron chi connectivity index (χ1n) is 5.30. The maximum absolute atomic E-state index is 5.87. The van der Waals surface area contributed by atoms with Crippen LogP contribution in [0.1, 0.15) is 12.8 Å². The first-order chi connectivity index (χ1) is 7.81. The molecule has 0 spiro atoms. The second-order valence-corrected chi connectivity index (χ2v) is 3.68. The van der Waals surface area contributed by atoms with E-state index in [0.29, 0.717) is 23.4 Å². The Kier molecular flexibility index (Phi) is 3.40. The number of ether oxygens (including phenoxy) is 2. The van der Waals surface area contributed by atoms with Gasteiger partial charge in [0.1, 0.15) is 12.0 Å². The van der Waals surface area contributed by atoms with Crippen LogP contribution in [-0.2, 0) is 4.74 Å². The number of hydrogen-bond acceptors (Lipinski definition) is 6. The summed E-state index contributed by atoms with van der Waals surface area (Å²) in [6.07, 6.45) is 3.37. The number of rotatable bonds is 3. The Morgan fingerprint density at radius 2 is 2.19 bits per heavy atom. The van der Waals surface area contributed by atoms with E-state index in [1.165, 1.54) is 13.4 Å². The lowest BCUT2D eigenvalue weighted by atomic mass is 10.1. The van der Waals surface area contributed by atoms with E-state index in [2.05, 4.69) is 15.3 Å². The van der Waals surface area contributed by atoms with E-state index in [1.807, 2.05) is 0 Å². The van der Waals surface area contributed by atoms with Gasteiger partial charge < -0.3 is 20.5 Å². The Morgan fingerprint density at radius 3 is 2.88 bits per heavy atom. The number of nitrogens with one attached hydrogen (secondary N) is 1. The van der Waals surface area contributed by atoms with Gasteiger partial charge >= 0.3 is 0 Å². The highest BCUT2D eigenvalue weighted by atomic mass is 16.5. The van der Waals surface area contributed by atoms with E-state index in [0.717, 1.165) is 26.1 Å². The summed E-state index contributed by atoms with van der Waals surface area (Å²) in [5, 5.41) is 3.29. The fraction of sp³-hybridized carbons (Fsp3) is 0.600. The number of nitrogens with zero attached hydrogens (tertiary/aromatic N) is 2. The third-order valence-corrected chi connectivity index (χ3v) is 2.60. The van der Waals surface area contributed by atoms with Gasteiger partial charge in [0.05, 0.1) is 7.11 Å². The smallest absolute Gasteiger partial charge is 0.242 e. The highest BCUT2D eigenvalue weighted by Gasteiger charge is 2.16. The molecule has 0 amide bonds. The first-order valence-corrected chi connectivity index (χ1v) is 5.30. The lowest BCUT2D eigenvalue weighted by Crippen LogP contribution is -2.28. The van der Waals surface area contributed by atoms with Crippen molar-refractivity contribution in [3.05, 3.63) is 6.33 Å². The van der Waals surface area contributed by atoms with E-state index in [-0.39, 0.29) is 0 Å². The molecule has 3 N–H and O–H groups in total. The van der Waals surface area contributed by atoms with Gasteiger partial charge in [-0.15, -0.1) is 0 Å². The Labute approximate surface area is 94.2 Å². The van der Waals surface area contributed by atoms with Gasteiger partial charge in [0, 0.05) is 19.3 Å². The Morgan fingerprint density at radius 1 is 1.44 bits per heavy atom. The molecule has 0 radical (unpaired) electrons. The fourth-order valence-electron chi connectivity index (χ4n) is 1.69. The van der Waals surface area contributed by atoms with Crippen LogP contribution in [0.25, 0.3) is 0 Å².